The Balaban J connectivity index is 2.07. The smallest absolute Gasteiger partial charge is 0.319 e. The van der Waals surface area contributed by atoms with Gasteiger partial charge in [-0.3, -0.25) is 0 Å². The number of hydrogen-bond acceptors (Lipinski definition) is 2. The second kappa shape index (κ2) is 6.46. The van der Waals surface area contributed by atoms with E-state index in [4.69, 9.17) is 16.7 Å². The molecule has 5 heteroatoms. The molecule has 1 aromatic carbocycles. The third-order valence-electron chi connectivity index (χ3n) is 2.97. The van der Waals surface area contributed by atoms with Gasteiger partial charge in [0.15, 0.2) is 0 Å². The third-order valence-corrected chi connectivity index (χ3v) is 3.21. The molecule has 0 atom stereocenters. The summed E-state index contributed by atoms with van der Waals surface area (Å²) in [5, 5.41) is 14.9. The molecule has 0 radical (unpaired) electrons. The molecule has 0 bridgehead atoms. The average Bonchev–Trinajstić information content (AvgIpc) is 2.34. The number of carbonyl (C=O) groups excluding carboxylic acids is 1. The van der Waals surface area contributed by atoms with E-state index in [1.165, 1.54) is 6.42 Å². The number of hydrogen-bond donors (Lipinski definition) is 3. The predicted octanol–water partition coefficient (Wildman–Crippen LogP) is 2.36. The van der Waals surface area contributed by atoms with Gasteiger partial charge in [0.1, 0.15) is 6.61 Å². The van der Waals surface area contributed by atoms with E-state index in [0.717, 1.165) is 12.8 Å². The van der Waals surface area contributed by atoms with Crippen LogP contribution in [0.15, 0.2) is 18.2 Å². The van der Waals surface area contributed by atoms with Gasteiger partial charge in [-0.15, -0.1) is 0 Å². The molecular weight excluding hydrogens is 264 g/mol. The first-order valence-electron chi connectivity index (χ1n) is 6.16. The van der Waals surface area contributed by atoms with Crippen LogP contribution in [0.2, 0.25) is 5.02 Å². The van der Waals surface area contributed by atoms with Gasteiger partial charge in [0.2, 0.25) is 0 Å². The zero-order valence-electron chi connectivity index (χ0n) is 10.4. The standard InChI is InChI=1S/C14H15ClN2O2/c15-11-6-7-13(10(9-11)3-2-8-18)17-14(19)16-12-4-1-5-12/h6-7,9,12,18H,1,4-5,8H2,(H2,16,17,19). The second-order valence-corrected chi connectivity index (χ2v) is 4.81. The fourth-order valence-corrected chi connectivity index (χ4v) is 1.93. The Hall–Kier alpha value is -1.70. The fourth-order valence-electron chi connectivity index (χ4n) is 1.76. The highest BCUT2D eigenvalue weighted by molar-refractivity contribution is 6.30. The Bertz CT molecular complexity index is 530. The van der Waals surface area contributed by atoms with Crippen molar-refractivity contribution in [3.63, 3.8) is 0 Å². The number of nitrogens with one attached hydrogen (secondary N) is 2. The van der Waals surface area contributed by atoms with Crippen LogP contribution in [0, 0.1) is 11.8 Å². The number of urea groups is 1. The van der Waals surface area contributed by atoms with Crippen molar-refractivity contribution in [1.29, 1.82) is 0 Å². The van der Waals surface area contributed by atoms with E-state index in [2.05, 4.69) is 22.5 Å². The molecule has 4 nitrogen and oxygen atoms in total. The van der Waals surface area contributed by atoms with Crippen molar-refractivity contribution < 1.29 is 9.90 Å². The highest BCUT2D eigenvalue weighted by Gasteiger charge is 2.19. The number of amides is 2. The number of rotatable bonds is 2. The van der Waals surface area contributed by atoms with Crippen LogP contribution in [-0.4, -0.2) is 23.8 Å². The molecule has 0 unspecified atom stereocenters. The van der Waals surface area contributed by atoms with Crippen molar-refractivity contribution in [1.82, 2.24) is 5.32 Å². The van der Waals surface area contributed by atoms with Crippen LogP contribution in [0.3, 0.4) is 0 Å². The molecule has 1 saturated carbocycles. The van der Waals surface area contributed by atoms with E-state index in [9.17, 15) is 4.79 Å². The molecule has 1 aliphatic rings. The molecule has 0 heterocycles. The Morgan fingerprint density at radius 1 is 1.47 bits per heavy atom. The van der Waals surface area contributed by atoms with E-state index in [1.54, 1.807) is 18.2 Å². The number of aliphatic hydroxyl groups excluding tert-OH is 1. The maximum atomic E-state index is 11.8. The lowest BCUT2D eigenvalue weighted by atomic mass is 9.93. The second-order valence-electron chi connectivity index (χ2n) is 4.38. The van der Waals surface area contributed by atoms with E-state index >= 15 is 0 Å². The van der Waals surface area contributed by atoms with E-state index in [1.807, 2.05) is 0 Å². The Labute approximate surface area is 117 Å². The lowest BCUT2D eigenvalue weighted by molar-refractivity contribution is 0.240. The van der Waals surface area contributed by atoms with Crippen molar-refractivity contribution in [3.8, 4) is 11.8 Å². The molecule has 0 saturated heterocycles. The average molecular weight is 279 g/mol. The highest BCUT2D eigenvalue weighted by Crippen LogP contribution is 2.21. The molecule has 0 aliphatic heterocycles. The van der Waals surface area contributed by atoms with Gasteiger partial charge >= 0.3 is 6.03 Å². The summed E-state index contributed by atoms with van der Waals surface area (Å²) in [6.45, 7) is -0.236. The zero-order valence-corrected chi connectivity index (χ0v) is 11.1. The van der Waals surface area contributed by atoms with Crippen LogP contribution < -0.4 is 10.6 Å². The molecule has 100 valence electrons. The molecular formula is C14H15ClN2O2. The first-order valence-corrected chi connectivity index (χ1v) is 6.53. The summed E-state index contributed by atoms with van der Waals surface area (Å²) in [5.41, 5.74) is 1.17. The summed E-state index contributed by atoms with van der Waals surface area (Å²) in [6, 6.07) is 5.08. The van der Waals surface area contributed by atoms with Crippen LogP contribution >= 0.6 is 11.6 Å². The minimum absolute atomic E-state index is 0.236. The number of halogens is 1. The zero-order chi connectivity index (χ0) is 13.7. The molecule has 0 aromatic heterocycles. The molecule has 0 spiro atoms. The lowest BCUT2D eigenvalue weighted by Crippen LogP contribution is -2.41. The van der Waals surface area contributed by atoms with Crippen LogP contribution in [0.4, 0.5) is 10.5 Å². The summed E-state index contributed by atoms with van der Waals surface area (Å²) in [7, 11) is 0. The molecule has 1 fully saturated rings. The molecule has 1 aliphatic carbocycles. The van der Waals surface area contributed by atoms with Crippen molar-refractivity contribution >= 4 is 23.3 Å². The Morgan fingerprint density at radius 3 is 2.89 bits per heavy atom. The van der Waals surface area contributed by atoms with Crippen LogP contribution in [0.1, 0.15) is 24.8 Å². The first kappa shape index (κ1) is 13.7. The number of benzene rings is 1. The number of aliphatic hydroxyl groups is 1. The summed E-state index contributed by atoms with van der Waals surface area (Å²) in [6.07, 6.45) is 3.23. The summed E-state index contributed by atoms with van der Waals surface area (Å²) < 4.78 is 0. The predicted molar refractivity (Wildman–Crippen MR) is 75.2 cm³/mol. The van der Waals surface area contributed by atoms with Gasteiger partial charge < -0.3 is 15.7 Å². The Morgan fingerprint density at radius 2 is 2.26 bits per heavy atom. The highest BCUT2D eigenvalue weighted by atomic mass is 35.5. The minimum atomic E-state index is -0.237. The maximum absolute atomic E-state index is 11.8. The molecule has 1 aromatic rings. The van der Waals surface area contributed by atoms with Gasteiger partial charge in [-0.25, -0.2) is 4.79 Å². The largest absolute Gasteiger partial charge is 0.384 e. The maximum Gasteiger partial charge on any atom is 0.319 e. The van der Waals surface area contributed by atoms with Crippen molar-refractivity contribution in [2.45, 2.75) is 25.3 Å². The lowest BCUT2D eigenvalue weighted by Gasteiger charge is -2.26. The van der Waals surface area contributed by atoms with Gasteiger partial charge in [0.25, 0.3) is 0 Å². The van der Waals surface area contributed by atoms with Crippen LogP contribution in [-0.2, 0) is 0 Å². The van der Waals surface area contributed by atoms with Crippen molar-refractivity contribution in [3.05, 3.63) is 28.8 Å². The van der Waals surface area contributed by atoms with Crippen molar-refractivity contribution in [2.75, 3.05) is 11.9 Å². The molecule has 2 rings (SSSR count). The van der Waals surface area contributed by atoms with Gasteiger partial charge in [-0.1, -0.05) is 23.4 Å². The van der Waals surface area contributed by atoms with E-state index in [-0.39, 0.29) is 18.7 Å². The topological polar surface area (TPSA) is 61.4 Å². The first-order chi connectivity index (χ1) is 9.19. The van der Waals surface area contributed by atoms with Gasteiger partial charge in [0, 0.05) is 16.6 Å². The fraction of sp³-hybridized carbons (Fsp3) is 0.357. The summed E-state index contributed by atoms with van der Waals surface area (Å²) in [5.74, 6) is 5.31. The van der Waals surface area contributed by atoms with E-state index < -0.39 is 0 Å². The van der Waals surface area contributed by atoms with Crippen molar-refractivity contribution in [2.24, 2.45) is 0 Å². The third kappa shape index (κ3) is 3.88. The van der Waals surface area contributed by atoms with Gasteiger partial charge in [0.05, 0.1) is 5.69 Å². The molecule has 2 amide bonds. The van der Waals surface area contributed by atoms with Gasteiger partial charge in [-0.05, 0) is 37.5 Å². The monoisotopic (exact) mass is 278 g/mol. The number of carbonyl (C=O) groups is 1. The van der Waals surface area contributed by atoms with E-state index in [0.29, 0.717) is 16.3 Å². The molecule has 19 heavy (non-hydrogen) atoms. The minimum Gasteiger partial charge on any atom is -0.384 e. The van der Waals surface area contributed by atoms with Crippen LogP contribution in [0.5, 0.6) is 0 Å². The SMILES string of the molecule is O=C(Nc1ccc(Cl)cc1C#CCO)NC1CCC1. The normalized spacial score (nSPS) is 14.0. The quantitative estimate of drug-likeness (QED) is 0.727. The van der Waals surface area contributed by atoms with Gasteiger partial charge in [-0.2, -0.15) is 0 Å². The Kier molecular flexibility index (Phi) is 4.67. The van der Waals surface area contributed by atoms with Crippen LogP contribution in [0.25, 0.3) is 0 Å². The summed E-state index contributed by atoms with van der Waals surface area (Å²) in [4.78, 5) is 11.8. The summed E-state index contributed by atoms with van der Waals surface area (Å²) >= 11 is 5.89. The molecule has 3 N–H and O–H groups in total. The number of anilines is 1.